The number of carbonyl (C=O) groups excluding carboxylic acids is 1. The van der Waals surface area contributed by atoms with Gasteiger partial charge in [-0.3, -0.25) is 14.2 Å². The highest BCUT2D eigenvalue weighted by Crippen LogP contribution is 2.33. The van der Waals surface area contributed by atoms with Gasteiger partial charge in [-0.25, -0.2) is 0 Å². The van der Waals surface area contributed by atoms with Crippen LogP contribution in [0, 0.1) is 13.8 Å². The molecule has 0 amide bonds. The molecule has 4 heteroatoms. The molecule has 0 saturated heterocycles. The summed E-state index contributed by atoms with van der Waals surface area (Å²) in [6, 6.07) is 7.42. The standard InChI is InChI=1S/C17H12BrNO2/c1-8-9(2)15-12(7-13(8)18)17(21)11-5-3-4-10-6-14(20)19(15)16(10)11/h3-5,7H,6H2,1-2H3. The number of halogens is 1. The summed E-state index contributed by atoms with van der Waals surface area (Å²) in [5.41, 5.74) is 4.51. The van der Waals surface area contributed by atoms with E-state index in [1.807, 2.05) is 32.0 Å². The normalized spacial score (nSPS) is 13.6. The van der Waals surface area contributed by atoms with Gasteiger partial charge in [0.15, 0.2) is 5.43 Å². The number of nitrogens with zero attached hydrogens (tertiary/aromatic N) is 1. The minimum absolute atomic E-state index is 0.00315. The molecule has 3 aromatic rings. The Labute approximate surface area is 129 Å². The molecule has 21 heavy (non-hydrogen) atoms. The van der Waals surface area contributed by atoms with Gasteiger partial charge in [-0.2, -0.15) is 0 Å². The van der Waals surface area contributed by atoms with Crippen LogP contribution in [0.15, 0.2) is 33.5 Å². The predicted molar refractivity (Wildman–Crippen MR) is 87.2 cm³/mol. The Hall–Kier alpha value is -1.94. The van der Waals surface area contributed by atoms with Crippen LogP contribution in [0.4, 0.5) is 0 Å². The average Bonchev–Trinajstić information content (AvgIpc) is 2.79. The number of aryl methyl sites for hydroxylation is 1. The third kappa shape index (κ3) is 1.48. The lowest BCUT2D eigenvalue weighted by atomic mass is 10.0. The Bertz CT molecular complexity index is 1030. The zero-order valence-electron chi connectivity index (χ0n) is 11.7. The van der Waals surface area contributed by atoms with Crippen molar-refractivity contribution in [2.24, 2.45) is 0 Å². The van der Waals surface area contributed by atoms with Crippen molar-refractivity contribution in [2.75, 3.05) is 0 Å². The van der Waals surface area contributed by atoms with Crippen LogP contribution < -0.4 is 5.43 Å². The molecule has 1 aliphatic heterocycles. The molecule has 0 bridgehead atoms. The van der Waals surface area contributed by atoms with E-state index in [0.29, 0.717) is 17.2 Å². The topological polar surface area (TPSA) is 39.1 Å². The highest BCUT2D eigenvalue weighted by atomic mass is 79.9. The highest BCUT2D eigenvalue weighted by molar-refractivity contribution is 9.10. The second kappa shape index (κ2) is 4.04. The summed E-state index contributed by atoms with van der Waals surface area (Å²) in [7, 11) is 0. The van der Waals surface area contributed by atoms with Gasteiger partial charge in [0.05, 0.1) is 17.5 Å². The van der Waals surface area contributed by atoms with Crippen molar-refractivity contribution in [3.63, 3.8) is 0 Å². The third-order valence-electron chi connectivity index (χ3n) is 4.45. The molecule has 2 aromatic carbocycles. The number of aromatic nitrogens is 1. The number of hydrogen-bond donors (Lipinski definition) is 0. The zero-order valence-corrected chi connectivity index (χ0v) is 13.2. The number of hydrogen-bond acceptors (Lipinski definition) is 2. The molecule has 0 unspecified atom stereocenters. The first-order valence-electron chi connectivity index (χ1n) is 6.80. The van der Waals surface area contributed by atoms with Gasteiger partial charge in [-0.05, 0) is 42.7 Å². The maximum atomic E-state index is 12.8. The number of pyridine rings is 1. The van der Waals surface area contributed by atoms with E-state index in [-0.39, 0.29) is 11.3 Å². The lowest BCUT2D eigenvalue weighted by molar-refractivity contribution is 0.0933. The van der Waals surface area contributed by atoms with E-state index in [9.17, 15) is 9.59 Å². The average molecular weight is 342 g/mol. The molecule has 0 N–H and O–H groups in total. The maximum absolute atomic E-state index is 12.8. The Morgan fingerprint density at radius 3 is 2.57 bits per heavy atom. The summed E-state index contributed by atoms with van der Waals surface area (Å²) in [6.45, 7) is 3.96. The quantitative estimate of drug-likeness (QED) is 0.584. The van der Waals surface area contributed by atoms with Crippen LogP contribution in [0.5, 0.6) is 0 Å². The molecule has 4 rings (SSSR count). The molecule has 1 aromatic heterocycles. The summed E-state index contributed by atoms with van der Waals surface area (Å²) < 4.78 is 2.63. The molecule has 3 nitrogen and oxygen atoms in total. The van der Waals surface area contributed by atoms with Crippen LogP contribution in [0.1, 0.15) is 21.5 Å². The van der Waals surface area contributed by atoms with Crippen molar-refractivity contribution >= 4 is 43.6 Å². The molecule has 104 valence electrons. The van der Waals surface area contributed by atoms with Crippen molar-refractivity contribution in [3.05, 3.63) is 55.7 Å². The fourth-order valence-electron chi connectivity index (χ4n) is 3.25. The van der Waals surface area contributed by atoms with Gasteiger partial charge in [-0.15, -0.1) is 0 Å². The van der Waals surface area contributed by atoms with Crippen LogP contribution in [0.3, 0.4) is 0 Å². The molecular weight excluding hydrogens is 330 g/mol. The summed E-state index contributed by atoms with van der Waals surface area (Å²) in [4.78, 5) is 25.3. The molecule has 0 radical (unpaired) electrons. The number of para-hydroxylation sites is 1. The predicted octanol–water partition coefficient (Wildman–Crippen LogP) is 3.73. The van der Waals surface area contributed by atoms with Crippen LogP contribution >= 0.6 is 15.9 Å². The van der Waals surface area contributed by atoms with E-state index in [1.54, 1.807) is 10.6 Å². The van der Waals surface area contributed by atoms with E-state index in [2.05, 4.69) is 15.9 Å². The minimum Gasteiger partial charge on any atom is -0.288 e. The molecule has 1 aliphatic rings. The summed E-state index contributed by atoms with van der Waals surface area (Å²) in [5.74, 6) is 0.0380. The SMILES string of the molecule is Cc1c(Br)cc2c(=O)c3cccc4c3n(c2c1C)C(=O)C4. The molecule has 0 saturated carbocycles. The monoisotopic (exact) mass is 341 g/mol. The van der Waals surface area contributed by atoms with Gasteiger partial charge in [0, 0.05) is 15.2 Å². The van der Waals surface area contributed by atoms with E-state index >= 15 is 0 Å². The van der Waals surface area contributed by atoms with E-state index in [1.165, 1.54) is 0 Å². The number of benzene rings is 2. The Balaban J connectivity index is 2.44. The van der Waals surface area contributed by atoms with E-state index < -0.39 is 0 Å². The smallest absolute Gasteiger partial charge is 0.236 e. The highest BCUT2D eigenvalue weighted by Gasteiger charge is 2.26. The van der Waals surface area contributed by atoms with Crippen LogP contribution in [-0.2, 0) is 6.42 Å². The van der Waals surface area contributed by atoms with Gasteiger partial charge in [0.25, 0.3) is 0 Å². The fourth-order valence-corrected chi connectivity index (χ4v) is 3.78. The second-order valence-electron chi connectivity index (χ2n) is 5.55. The number of fused-ring (bicyclic) bond motifs is 2. The lowest BCUT2D eigenvalue weighted by Gasteiger charge is -2.14. The Morgan fingerprint density at radius 2 is 1.81 bits per heavy atom. The van der Waals surface area contributed by atoms with E-state index in [4.69, 9.17) is 0 Å². The molecular formula is C17H12BrNO2. The third-order valence-corrected chi connectivity index (χ3v) is 5.27. The molecule has 0 aliphatic carbocycles. The van der Waals surface area contributed by atoms with Crippen molar-refractivity contribution in [1.29, 1.82) is 0 Å². The van der Waals surface area contributed by atoms with Crippen molar-refractivity contribution in [2.45, 2.75) is 20.3 Å². The minimum atomic E-state index is -0.00315. The largest absolute Gasteiger partial charge is 0.288 e. The zero-order chi connectivity index (χ0) is 14.9. The summed E-state index contributed by atoms with van der Waals surface area (Å²) in [5, 5.41) is 1.23. The molecule has 0 fully saturated rings. The van der Waals surface area contributed by atoms with Crippen LogP contribution in [0.25, 0.3) is 21.8 Å². The van der Waals surface area contributed by atoms with Gasteiger partial charge in [0.2, 0.25) is 5.91 Å². The van der Waals surface area contributed by atoms with Gasteiger partial charge in [0.1, 0.15) is 0 Å². The molecule has 2 heterocycles. The van der Waals surface area contributed by atoms with Crippen LogP contribution in [0.2, 0.25) is 0 Å². The second-order valence-corrected chi connectivity index (χ2v) is 6.41. The molecule has 0 spiro atoms. The summed E-state index contributed by atoms with van der Waals surface area (Å²) in [6.07, 6.45) is 0.366. The van der Waals surface area contributed by atoms with Crippen molar-refractivity contribution < 1.29 is 4.79 Å². The molecule has 0 atom stereocenters. The first-order chi connectivity index (χ1) is 10.0. The number of carbonyl (C=O) groups is 1. The lowest BCUT2D eigenvalue weighted by Crippen LogP contribution is -2.15. The van der Waals surface area contributed by atoms with Gasteiger partial charge >= 0.3 is 0 Å². The maximum Gasteiger partial charge on any atom is 0.236 e. The van der Waals surface area contributed by atoms with Gasteiger partial charge in [-0.1, -0.05) is 28.1 Å². The first kappa shape index (κ1) is 12.8. The van der Waals surface area contributed by atoms with E-state index in [0.717, 1.165) is 32.2 Å². The first-order valence-corrected chi connectivity index (χ1v) is 7.59. The van der Waals surface area contributed by atoms with Crippen LogP contribution in [-0.4, -0.2) is 10.5 Å². The van der Waals surface area contributed by atoms with Crippen molar-refractivity contribution in [3.8, 4) is 0 Å². The Morgan fingerprint density at radius 1 is 1.05 bits per heavy atom. The summed E-state index contributed by atoms with van der Waals surface area (Å²) >= 11 is 3.51. The Kier molecular flexibility index (Phi) is 2.46. The van der Waals surface area contributed by atoms with Crippen molar-refractivity contribution in [1.82, 2.24) is 4.57 Å². The van der Waals surface area contributed by atoms with Gasteiger partial charge < -0.3 is 0 Å². The fraction of sp³-hybridized carbons (Fsp3) is 0.176. The number of rotatable bonds is 0.